The van der Waals surface area contributed by atoms with Crippen LogP contribution in [0.2, 0.25) is 0 Å². The molecule has 0 aromatic rings. The highest BCUT2D eigenvalue weighted by Crippen LogP contribution is 2.21. The van der Waals surface area contributed by atoms with Crippen LogP contribution in [0.4, 0.5) is 0 Å². The van der Waals surface area contributed by atoms with E-state index >= 15 is 0 Å². The molecule has 1 rings (SSSR count). The maximum absolute atomic E-state index is 11.9. The van der Waals surface area contributed by atoms with Gasteiger partial charge in [0.1, 0.15) is 5.92 Å². The highest BCUT2D eigenvalue weighted by molar-refractivity contribution is 5.82. The number of amides is 1. The van der Waals surface area contributed by atoms with Crippen molar-refractivity contribution in [3.63, 3.8) is 0 Å². The molecule has 1 saturated heterocycles. The molecule has 1 aliphatic rings. The zero-order valence-corrected chi connectivity index (χ0v) is 10.3. The van der Waals surface area contributed by atoms with Gasteiger partial charge in [0.25, 0.3) is 0 Å². The fourth-order valence-electron chi connectivity index (χ4n) is 2.03. The summed E-state index contributed by atoms with van der Waals surface area (Å²) < 4.78 is 5.17. The second-order valence-electron chi connectivity index (χ2n) is 4.37. The summed E-state index contributed by atoms with van der Waals surface area (Å²) in [5.74, 6) is -1.79. The Bertz CT molecular complexity index is 293. The van der Waals surface area contributed by atoms with Gasteiger partial charge in [-0.15, -0.1) is 0 Å². The van der Waals surface area contributed by atoms with E-state index in [1.807, 2.05) is 6.92 Å². The maximum atomic E-state index is 11.9. The lowest BCUT2D eigenvalue weighted by atomic mass is 10.0. The first-order chi connectivity index (χ1) is 7.99. The highest BCUT2D eigenvalue weighted by Gasteiger charge is 2.40. The van der Waals surface area contributed by atoms with Crippen molar-refractivity contribution < 1.29 is 19.4 Å². The van der Waals surface area contributed by atoms with Gasteiger partial charge in [-0.2, -0.15) is 0 Å². The molecule has 0 aliphatic carbocycles. The second kappa shape index (κ2) is 5.97. The van der Waals surface area contributed by atoms with Gasteiger partial charge in [0.05, 0.1) is 25.3 Å². The Morgan fingerprint density at radius 2 is 2.18 bits per heavy atom. The van der Waals surface area contributed by atoms with Gasteiger partial charge in [0.2, 0.25) is 5.91 Å². The lowest BCUT2D eigenvalue weighted by Crippen LogP contribution is -2.51. The van der Waals surface area contributed by atoms with E-state index < -0.39 is 24.0 Å². The Kier molecular flexibility index (Phi) is 4.89. The average Bonchev–Trinajstić information content (AvgIpc) is 2.73. The smallest absolute Gasteiger partial charge is 0.311 e. The van der Waals surface area contributed by atoms with Gasteiger partial charge < -0.3 is 20.5 Å². The molecule has 0 aromatic heterocycles. The summed E-state index contributed by atoms with van der Waals surface area (Å²) in [6, 6.07) is -1.01. The van der Waals surface area contributed by atoms with Crippen molar-refractivity contribution in [1.82, 2.24) is 4.90 Å². The van der Waals surface area contributed by atoms with Crippen LogP contribution in [0.1, 0.15) is 20.3 Å². The van der Waals surface area contributed by atoms with Crippen molar-refractivity contribution in [3.05, 3.63) is 0 Å². The number of hydrogen-bond donors (Lipinski definition) is 2. The number of carboxylic acids is 1. The van der Waals surface area contributed by atoms with Gasteiger partial charge in [-0.3, -0.25) is 9.59 Å². The van der Waals surface area contributed by atoms with Crippen LogP contribution in [0, 0.1) is 5.92 Å². The Labute approximate surface area is 101 Å². The molecule has 17 heavy (non-hydrogen) atoms. The molecule has 3 N–H and O–H groups in total. The SMILES string of the molecule is CCCN(C(=O)[C@H](C)N)C1COCC1C(=O)O. The summed E-state index contributed by atoms with van der Waals surface area (Å²) in [5, 5.41) is 9.07. The summed E-state index contributed by atoms with van der Waals surface area (Å²) in [6.07, 6.45) is 0.765. The summed E-state index contributed by atoms with van der Waals surface area (Å²) in [6.45, 7) is 4.49. The van der Waals surface area contributed by atoms with Crippen molar-refractivity contribution in [2.45, 2.75) is 32.4 Å². The van der Waals surface area contributed by atoms with E-state index in [9.17, 15) is 9.59 Å². The number of rotatable bonds is 5. The zero-order valence-electron chi connectivity index (χ0n) is 10.3. The Hall–Kier alpha value is -1.14. The molecule has 0 spiro atoms. The monoisotopic (exact) mass is 244 g/mol. The summed E-state index contributed by atoms with van der Waals surface area (Å²) >= 11 is 0. The van der Waals surface area contributed by atoms with E-state index in [0.717, 1.165) is 6.42 Å². The number of nitrogens with zero attached hydrogens (tertiary/aromatic N) is 1. The van der Waals surface area contributed by atoms with Crippen LogP contribution in [-0.4, -0.2) is 53.7 Å². The third-order valence-electron chi connectivity index (χ3n) is 2.91. The van der Waals surface area contributed by atoms with Crippen molar-refractivity contribution in [1.29, 1.82) is 0 Å². The van der Waals surface area contributed by atoms with Crippen LogP contribution in [-0.2, 0) is 14.3 Å². The van der Waals surface area contributed by atoms with Crippen LogP contribution in [0.15, 0.2) is 0 Å². The van der Waals surface area contributed by atoms with Gasteiger partial charge in [-0.1, -0.05) is 6.92 Å². The number of nitrogens with two attached hydrogens (primary N) is 1. The van der Waals surface area contributed by atoms with Crippen LogP contribution < -0.4 is 5.73 Å². The molecule has 1 aliphatic heterocycles. The minimum Gasteiger partial charge on any atom is -0.481 e. The lowest BCUT2D eigenvalue weighted by Gasteiger charge is -2.31. The van der Waals surface area contributed by atoms with Gasteiger partial charge in [0.15, 0.2) is 0 Å². The molecule has 0 radical (unpaired) electrons. The number of carboxylic acid groups (broad SMARTS) is 1. The van der Waals surface area contributed by atoms with Gasteiger partial charge >= 0.3 is 5.97 Å². The molecule has 2 unspecified atom stereocenters. The molecule has 0 aromatic carbocycles. The largest absolute Gasteiger partial charge is 0.481 e. The molecule has 3 atom stereocenters. The maximum Gasteiger partial charge on any atom is 0.311 e. The fraction of sp³-hybridized carbons (Fsp3) is 0.818. The van der Waals surface area contributed by atoms with Crippen LogP contribution in [0.25, 0.3) is 0 Å². The second-order valence-corrected chi connectivity index (χ2v) is 4.37. The molecule has 6 heteroatoms. The quantitative estimate of drug-likeness (QED) is 0.691. The molecule has 0 saturated carbocycles. The van der Waals surface area contributed by atoms with Gasteiger partial charge in [0, 0.05) is 6.54 Å². The predicted molar refractivity (Wildman–Crippen MR) is 61.4 cm³/mol. The van der Waals surface area contributed by atoms with Crippen LogP contribution >= 0.6 is 0 Å². The number of carbonyl (C=O) groups excluding carboxylic acids is 1. The minimum atomic E-state index is -0.925. The normalized spacial score (nSPS) is 25.6. The fourth-order valence-corrected chi connectivity index (χ4v) is 2.03. The van der Waals surface area contributed by atoms with E-state index in [0.29, 0.717) is 6.54 Å². The lowest BCUT2D eigenvalue weighted by molar-refractivity contribution is -0.145. The van der Waals surface area contributed by atoms with Gasteiger partial charge in [-0.05, 0) is 13.3 Å². The first kappa shape index (κ1) is 13.9. The average molecular weight is 244 g/mol. The summed E-state index contributed by atoms with van der Waals surface area (Å²) in [5.41, 5.74) is 5.58. The molecule has 0 bridgehead atoms. The molecule has 6 nitrogen and oxygen atoms in total. The zero-order chi connectivity index (χ0) is 13.0. The number of ether oxygens (including phenoxy) is 1. The standard InChI is InChI=1S/C11H20N2O4/c1-3-4-13(10(14)7(2)12)9-6-17-5-8(9)11(15)16/h7-9H,3-6,12H2,1-2H3,(H,15,16)/t7-,8?,9?/m0/s1. The van der Waals surface area contributed by atoms with E-state index in [4.69, 9.17) is 15.6 Å². The molecule has 1 amide bonds. The molecule has 98 valence electrons. The Morgan fingerprint density at radius 1 is 1.53 bits per heavy atom. The number of carbonyl (C=O) groups is 2. The molecular weight excluding hydrogens is 224 g/mol. The van der Waals surface area contributed by atoms with Crippen molar-refractivity contribution >= 4 is 11.9 Å². The number of hydrogen-bond acceptors (Lipinski definition) is 4. The Balaban J connectivity index is 2.82. The molecule has 1 heterocycles. The van der Waals surface area contributed by atoms with Crippen molar-refractivity contribution in [2.24, 2.45) is 11.7 Å². The minimum absolute atomic E-state index is 0.159. The molecular formula is C11H20N2O4. The highest BCUT2D eigenvalue weighted by atomic mass is 16.5. The van der Waals surface area contributed by atoms with Crippen LogP contribution in [0.5, 0.6) is 0 Å². The summed E-state index contributed by atoms with van der Waals surface area (Å²) in [4.78, 5) is 24.6. The van der Waals surface area contributed by atoms with Crippen molar-refractivity contribution in [3.8, 4) is 0 Å². The predicted octanol–water partition coefficient (Wildman–Crippen LogP) is -0.328. The van der Waals surface area contributed by atoms with E-state index in [2.05, 4.69) is 0 Å². The topological polar surface area (TPSA) is 92.9 Å². The Morgan fingerprint density at radius 3 is 2.65 bits per heavy atom. The third kappa shape index (κ3) is 3.17. The molecule has 1 fully saturated rings. The number of aliphatic carboxylic acids is 1. The van der Waals surface area contributed by atoms with Crippen LogP contribution in [0.3, 0.4) is 0 Å². The first-order valence-electron chi connectivity index (χ1n) is 5.85. The first-order valence-corrected chi connectivity index (χ1v) is 5.85. The third-order valence-corrected chi connectivity index (χ3v) is 2.91. The van der Waals surface area contributed by atoms with E-state index in [1.165, 1.54) is 0 Å². The van der Waals surface area contributed by atoms with E-state index in [-0.39, 0.29) is 19.1 Å². The van der Waals surface area contributed by atoms with E-state index in [1.54, 1.807) is 11.8 Å². The van der Waals surface area contributed by atoms with Crippen molar-refractivity contribution in [2.75, 3.05) is 19.8 Å². The summed E-state index contributed by atoms with van der Waals surface area (Å²) in [7, 11) is 0. The van der Waals surface area contributed by atoms with Gasteiger partial charge in [-0.25, -0.2) is 0 Å².